The first-order chi connectivity index (χ1) is 9.40. The lowest BCUT2D eigenvalue weighted by molar-refractivity contribution is -0.144. The van der Waals surface area contributed by atoms with Gasteiger partial charge in [-0.3, -0.25) is 0 Å². The number of carbonyl (C=O) groups is 2. The minimum absolute atomic E-state index is 0.355. The Kier molecular flexibility index (Phi) is 5.55. The van der Waals surface area contributed by atoms with Crippen molar-refractivity contribution in [2.24, 2.45) is 5.92 Å². The number of benzene rings is 1. The van der Waals surface area contributed by atoms with Gasteiger partial charge in [0.15, 0.2) is 5.54 Å². The van der Waals surface area contributed by atoms with Crippen LogP contribution in [-0.4, -0.2) is 23.7 Å². The smallest absolute Gasteiger partial charge is 0.333 e. The highest BCUT2D eigenvalue weighted by Gasteiger charge is 2.36. The molecule has 3 N–H and O–H groups in total. The monoisotopic (exact) mass is 278 g/mol. The molecule has 0 saturated carbocycles. The molecule has 0 radical (unpaired) electrons. The maximum Gasteiger partial charge on any atom is 0.333 e. The quantitative estimate of drug-likeness (QED) is 0.747. The van der Waals surface area contributed by atoms with E-state index in [1.54, 1.807) is 30.3 Å². The molecule has 5 nitrogen and oxygen atoms in total. The van der Waals surface area contributed by atoms with Crippen molar-refractivity contribution in [3.8, 4) is 0 Å². The lowest BCUT2D eigenvalue weighted by Gasteiger charge is -2.27. The molecule has 20 heavy (non-hydrogen) atoms. The van der Waals surface area contributed by atoms with E-state index in [-0.39, 0.29) is 0 Å². The highest BCUT2D eigenvalue weighted by molar-refractivity contribution is 5.87. The lowest BCUT2D eigenvalue weighted by atomic mass is 9.92. The number of hydrogen-bond donors (Lipinski definition) is 3. The second kappa shape index (κ2) is 6.93. The number of amides is 2. The summed E-state index contributed by atoms with van der Waals surface area (Å²) in [4.78, 5) is 23.4. The number of nitrogens with one attached hydrogen (secondary N) is 2. The summed E-state index contributed by atoms with van der Waals surface area (Å²) in [5.74, 6) is -0.740. The summed E-state index contributed by atoms with van der Waals surface area (Å²) in [5, 5.41) is 14.7. The summed E-state index contributed by atoms with van der Waals surface area (Å²) in [6.45, 7) is 6.06. The van der Waals surface area contributed by atoms with Crippen LogP contribution in [0.4, 0.5) is 4.79 Å². The molecular formula is C15H22N2O3. The summed E-state index contributed by atoms with van der Waals surface area (Å²) in [6, 6.07) is 8.19. The summed E-state index contributed by atoms with van der Waals surface area (Å²) in [6.07, 6.45) is 0.954. The molecule has 0 saturated heterocycles. The van der Waals surface area contributed by atoms with E-state index in [2.05, 4.69) is 10.6 Å². The highest BCUT2D eigenvalue weighted by Crippen LogP contribution is 2.20. The molecular weight excluding hydrogens is 256 g/mol. The summed E-state index contributed by atoms with van der Waals surface area (Å²) < 4.78 is 0. The summed E-state index contributed by atoms with van der Waals surface area (Å²) in [5.41, 5.74) is -0.910. The molecule has 0 aliphatic rings. The Balaban J connectivity index is 2.78. The SMILES string of the molecule is CCC(C)CNC(=O)NC(C)(C(=O)O)c1ccccc1. The molecule has 0 heterocycles. The van der Waals surface area contributed by atoms with E-state index >= 15 is 0 Å². The zero-order valence-electron chi connectivity index (χ0n) is 12.1. The van der Waals surface area contributed by atoms with Crippen molar-refractivity contribution in [3.05, 3.63) is 35.9 Å². The van der Waals surface area contributed by atoms with Crippen molar-refractivity contribution in [2.75, 3.05) is 6.54 Å². The van der Waals surface area contributed by atoms with E-state index in [0.29, 0.717) is 18.0 Å². The third-order valence-corrected chi connectivity index (χ3v) is 3.45. The van der Waals surface area contributed by atoms with Crippen LogP contribution in [0, 0.1) is 5.92 Å². The van der Waals surface area contributed by atoms with Crippen LogP contribution >= 0.6 is 0 Å². The normalized spacial score (nSPS) is 14.9. The van der Waals surface area contributed by atoms with E-state index in [0.717, 1.165) is 6.42 Å². The Hall–Kier alpha value is -2.04. The average Bonchev–Trinajstić information content (AvgIpc) is 2.45. The molecule has 0 aliphatic heterocycles. The predicted octanol–water partition coefficient (Wildman–Crippen LogP) is 2.33. The van der Waals surface area contributed by atoms with Gasteiger partial charge in [-0.2, -0.15) is 0 Å². The number of carboxylic acids is 1. The van der Waals surface area contributed by atoms with Crippen LogP contribution in [0.1, 0.15) is 32.8 Å². The fourth-order valence-electron chi connectivity index (χ4n) is 1.70. The van der Waals surface area contributed by atoms with Gasteiger partial charge in [-0.15, -0.1) is 0 Å². The van der Waals surface area contributed by atoms with Gasteiger partial charge in [0.05, 0.1) is 0 Å². The van der Waals surface area contributed by atoms with E-state index < -0.39 is 17.5 Å². The van der Waals surface area contributed by atoms with Crippen molar-refractivity contribution in [1.82, 2.24) is 10.6 Å². The van der Waals surface area contributed by atoms with Crippen molar-refractivity contribution in [3.63, 3.8) is 0 Å². The van der Waals surface area contributed by atoms with Gasteiger partial charge in [-0.25, -0.2) is 9.59 Å². The van der Waals surface area contributed by atoms with Crippen LogP contribution in [0.3, 0.4) is 0 Å². The number of urea groups is 1. The van der Waals surface area contributed by atoms with Crippen LogP contribution in [0.5, 0.6) is 0 Å². The molecule has 2 unspecified atom stereocenters. The van der Waals surface area contributed by atoms with Crippen molar-refractivity contribution in [2.45, 2.75) is 32.7 Å². The molecule has 2 amide bonds. The fourth-order valence-corrected chi connectivity index (χ4v) is 1.70. The Morgan fingerprint density at radius 3 is 2.40 bits per heavy atom. The molecule has 0 fully saturated rings. The summed E-state index contributed by atoms with van der Waals surface area (Å²) >= 11 is 0. The molecule has 1 aromatic carbocycles. The third-order valence-electron chi connectivity index (χ3n) is 3.45. The Morgan fingerprint density at radius 2 is 1.90 bits per heavy atom. The van der Waals surface area contributed by atoms with Gasteiger partial charge in [0.2, 0.25) is 0 Å². The zero-order chi connectivity index (χ0) is 15.2. The molecule has 0 spiro atoms. The van der Waals surface area contributed by atoms with E-state index in [9.17, 15) is 14.7 Å². The number of carbonyl (C=O) groups excluding carboxylic acids is 1. The molecule has 110 valence electrons. The summed E-state index contributed by atoms with van der Waals surface area (Å²) in [7, 11) is 0. The van der Waals surface area contributed by atoms with Crippen LogP contribution in [-0.2, 0) is 10.3 Å². The van der Waals surface area contributed by atoms with Crippen molar-refractivity contribution < 1.29 is 14.7 Å². The largest absolute Gasteiger partial charge is 0.479 e. The Bertz CT molecular complexity index is 461. The molecule has 0 aliphatic carbocycles. The fraction of sp³-hybridized carbons (Fsp3) is 0.467. The van der Waals surface area contributed by atoms with E-state index in [1.807, 2.05) is 13.8 Å². The van der Waals surface area contributed by atoms with Gasteiger partial charge >= 0.3 is 12.0 Å². The second-order valence-electron chi connectivity index (χ2n) is 5.14. The van der Waals surface area contributed by atoms with Crippen LogP contribution in [0.15, 0.2) is 30.3 Å². The van der Waals surface area contributed by atoms with Gasteiger partial charge in [-0.05, 0) is 18.4 Å². The minimum atomic E-state index is -1.44. The topological polar surface area (TPSA) is 78.4 Å². The maximum absolute atomic E-state index is 11.9. The van der Waals surface area contributed by atoms with E-state index in [1.165, 1.54) is 6.92 Å². The van der Waals surface area contributed by atoms with Crippen LogP contribution in [0.25, 0.3) is 0 Å². The first kappa shape index (κ1) is 16.0. The number of rotatable bonds is 6. The molecule has 1 rings (SSSR count). The molecule has 2 atom stereocenters. The van der Waals surface area contributed by atoms with Gasteiger partial charge in [0, 0.05) is 6.54 Å². The first-order valence-corrected chi connectivity index (χ1v) is 6.75. The molecule has 5 heteroatoms. The standard InChI is InChI=1S/C15H22N2O3/c1-4-11(2)10-16-14(20)17-15(3,13(18)19)12-8-6-5-7-9-12/h5-9,11H,4,10H2,1-3H3,(H,18,19)(H2,16,17,20). The Morgan fingerprint density at radius 1 is 1.30 bits per heavy atom. The average molecular weight is 278 g/mol. The Labute approximate surface area is 119 Å². The molecule has 1 aromatic rings. The lowest BCUT2D eigenvalue weighted by Crippen LogP contribution is -2.53. The van der Waals surface area contributed by atoms with Gasteiger partial charge in [0.1, 0.15) is 0 Å². The second-order valence-corrected chi connectivity index (χ2v) is 5.14. The predicted molar refractivity (Wildman–Crippen MR) is 77.4 cm³/mol. The zero-order valence-corrected chi connectivity index (χ0v) is 12.1. The van der Waals surface area contributed by atoms with Gasteiger partial charge in [-0.1, -0.05) is 50.6 Å². The first-order valence-electron chi connectivity index (χ1n) is 6.75. The van der Waals surface area contributed by atoms with Crippen LogP contribution in [0.2, 0.25) is 0 Å². The maximum atomic E-state index is 11.9. The number of carboxylic acid groups (broad SMARTS) is 1. The van der Waals surface area contributed by atoms with E-state index in [4.69, 9.17) is 0 Å². The molecule has 0 bridgehead atoms. The van der Waals surface area contributed by atoms with Crippen molar-refractivity contribution in [1.29, 1.82) is 0 Å². The van der Waals surface area contributed by atoms with Gasteiger partial charge in [0.25, 0.3) is 0 Å². The highest BCUT2D eigenvalue weighted by atomic mass is 16.4. The number of aliphatic carboxylic acids is 1. The van der Waals surface area contributed by atoms with Crippen molar-refractivity contribution >= 4 is 12.0 Å². The van der Waals surface area contributed by atoms with Crippen LogP contribution < -0.4 is 10.6 Å². The molecule has 0 aromatic heterocycles. The minimum Gasteiger partial charge on any atom is -0.479 e. The third kappa shape index (κ3) is 3.98. The van der Waals surface area contributed by atoms with Gasteiger partial charge < -0.3 is 15.7 Å². The number of hydrogen-bond acceptors (Lipinski definition) is 2.